The van der Waals surface area contributed by atoms with E-state index in [1.165, 1.54) is 5.56 Å². The van der Waals surface area contributed by atoms with Crippen LogP contribution >= 0.6 is 0 Å². The van der Waals surface area contributed by atoms with Crippen LogP contribution in [0, 0.1) is 0 Å². The Balaban J connectivity index is 1.63. The monoisotopic (exact) mass is 390 g/mol. The average Bonchev–Trinajstić information content (AvgIpc) is 3.05. The second-order valence-electron chi connectivity index (χ2n) is 7.75. The van der Waals surface area contributed by atoms with Crippen LogP contribution in [0.4, 0.5) is 0 Å². The van der Waals surface area contributed by atoms with E-state index in [1.807, 2.05) is 35.0 Å². The minimum Gasteiger partial charge on any atom is -0.508 e. The summed E-state index contributed by atoms with van der Waals surface area (Å²) in [5, 5.41) is 14.5. The maximum atomic E-state index is 12.8. The van der Waals surface area contributed by atoms with Crippen molar-refractivity contribution in [3.8, 4) is 5.75 Å². The first-order valence-corrected chi connectivity index (χ1v) is 9.85. The van der Waals surface area contributed by atoms with Gasteiger partial charge in [0, 0.05) is 51.4 Å². The first kappa shape index (κ1) is 19.2. The van der Waals surface area contributed by atoms with Crippen LogP contribution in [0.25, 0.3) is 0 Å². The first-order chi connectivity index (χ1) is 14.0. The number of amides is 1. The van der Waals surface area contributed by atoms with Gasteiger partial charge in [-0.05, 0) is 23.3 Å². The maximum absolute atomic E-state index is 12.8. The van der Waals surface area contributed by atoms with Gasteiger partial charge in [-0.15, -0.1) is 0 Å². The van der Waals surface area contributed by atoms with Crippen LogP contribution in [0.3, 0.4) is 0 Å². The standard InChI is InChI=1S/C23H26N4O2/c1-25(2)23(29)22-20-16-26(14-18-9-6-10-19(28)13-18)12-11-21(20)27(24-22)15-17-7-4-3-5-8-17/h3-10,13,28H,11-12,14-16H2,1-2H3. The number of hydrogen-bond donors (Lipinski definition) is 1. The Morgan fingerprint density at radius 1 is 1.07 bits per heavy atom. The Kier molecular flexibility index (Phi) is 5.36. The normalized spacial score (nSPS) is 13.9. The Morgan fingerprint density at radius 3 is 2.55 bits per heavy atom. The van der Waals surface area contributed by atoms with Gasteiger partial charge in [0.2, 0.25) is 0 Å². The van der Waals surface area contributed by atoms with Crippen LogP contribution in [-0.2, 0) is 26.1 Å². The van der Waals surface area contributed by atoms with Crippen molar-refractivity contribution in [3.63, 3.8) is 0 Å². The van der Waals surface area contributed by atoms with E-state index in [9.17, 15) is 9.90 Å². The number of aromatic hydroxyl groups is 1. The van der Waals surface area contributed by atoms with E-state index >= 15 is 0 Å². The zero-order valence-electron chi connectivity index (χ0n) is 16.9. The van der Waals surface area contributed by atoms with Crippen molar-refractivity contribution >= 4 is 5.91 Å². The number of fused-ring (bicyclic) bond motifs is 1. The van der Waals surface area contributed by atoms with Crippen LogP contribution in [0.1, 0.15) is 32.9 Å². The predicted molar refractivity (Wildman–Crippen MR) is 112 cm³/mol. The summed E-state index contributed by atoms with van der Waals surface area (Å²) in [4.78, 5) is 16.7. The Bertz CT molecular complexity index is 1010. The van der Waals surface area contributed by atoms with E-state index in [0.717, 1.165) is 36.3 Å². The van der Waals surface area contributed by atoms with Gasteiger partial charge in [-0.25, -0.2) is 0 Å². The van der Waals surface area contributed by atoms with Crippen molar-refractivity contribution in [3.05, 3.63) is 82.7 Å². The highest BCUT2D eigenvalue weighted by atomic mass is 16.3. The molecule has 6 nitrogen and oxygen atoms in total. The number of phenols is 1. The van der Waals surface area contributed by atoms with Crippen molar-refractivity contribution in [2.45, 2.75) is 26.1 Å². The lowest BCUT2D eigenvalue weighted by atomic mass is 10.0. The smallest absolute Gasteiger partial charge is 0.274 e. The van der Waals surface area contributed by atoms with Crippen LogP contribution in [0.5, 0.6) is 5.75 Å². The molecule has 4 rings (SSSR count). The van der Waals surface area contributed by atoms with E-state index in [0.29, 0.717) is 18.8 Å². The topological polar surface area (TPSA) is 61.6 Å². The van der Waals surface area contributed by atoms with E-state index in [4.69, 9.17) is 5.10 Å². The third-order valence-corrected chi connectivity index (χ3v) is 5.31. The largest absolute Gasteiger partial charge is 0.508 e. The molecular formula is C23H26N4O2. The molecule has 0 unspecified atom stereocenters. The minimum absolute atomic E-state index is 0.0627. The molecule has 0 saturated heterocycles. The predicted octanol–water partition coefficient (Wildman–Crippen LogP) is 2.90. The molecule has 0 bridgehead atoms. The molecule has 2 heterocycles. The average molecular weight is 390 g/mol. The van der Waals surface area contributed by atoms with E-state index in [-0.39, 0.29) is 11.7 Å². The Hall–Kier alpha value is -3.12. The molecule has 0 radical (unpaired) electrons. The number of carbonyl (C=O) groups is 1. The maximum Gasteiger partial charge on any atom is 0.274 e. The molecule has 0 saturated carbocycles. The zero-order valence-corrected chi connectivity index (χ0v) is 16.9. The summed E-state index contributed by atoms with van der Waals surface area (Å²) < 4.78 is 1.99. The number of phenolic OH excluding ortho intramolecular Hbond substituents is 1. The molecule has 1 aromatic heterocycles. The molecule has 0 atom stereocenters. The van der Waals surface area contributed by atoms with Crippen LogP contribution < -0.4 is 0 Å². The number of nitrogens with zero attached hydrogens (tertiary/aromatic N) is 4. The lowest BCUT2D eigenvalue weighted by Crippen LogP contribution is -2.32. The van der Waals surface area contributed by atoms with Gasteiger partial charge in [0.05, 0.1) is 6.54 Å². The molecule has 0 aliphatic carbocycles. The summed E-state index contributed by atoms with van der Waals surface area (Å²) in [6.45, 7) is 2.96. The Morgan fingerprint density at radius 2 is 1.83 bits per heavy atom. The van der Waals surface area contributed by atoms with Gasteiger partial charge >= 0.3 is 0 Å². The van der Waals surface area contributed by atoms with Crippen LogP contribution in [0.2, 0.25) is 0 Å². The van der Waals surface area contributed by atoms with Crippen molar-refractivity contribution < 1.29 is 9.90 Å². The van der Waals surface area contributed by atoms with E-state index in [2.05, 4.69) is 17.0 Å². The Labute approximate surface area is 171 Å². The lowest BCUT2D eigenvalue weighted by Gasteiger charge is -2.28. The van der Waals surface area contributed by atoms with Gasteiger partial charge in [-0.1, -0.05) is 42.5 Å². The molecule has 1 aliphatic heterocycles. The second-order valence-corrected chi connectivity index (χ2v) is 7.75. The quantitative estimate of drug-likeness (QED) is 0.728. The van der Waals surface area contributed by atoms with Crippen LogP contribution in [0.15, 0.2) is 54.6 Å². The molecule has 0 spiro atoms. The molecule has 150 valence electrons. The minimum atomic E-state index is -0.0627. The molecule has 1 amide bonds. The summed E-state index contributed by atoms with van der Waals surface area (Å²) in [6.07, 6.45) is 0.842. The van der Waals surface area contributed by atoms with Gasteiger partial charge in [0.25, 0.3) is 5.91 Å². The summed E-state index contributed by atoms with van der Waals surface area (Å²) in [5.74, 6) is 0.214. The van der Waals surface area contributed by atoms with Crippen molar-refractivity contribution in [2.24, 2.45) is 0 Å². The molecule has 0 fully saturated rings. The number of hydrogen-bond acceptors (Lipinski definition) is 4. The molecule has 1 N–H and O–H groups in total. The fourth-order valence-electron chi connectivity index (χ4n) is 3.87. The van der Waals surface area contributed by atoms with Crippen molar-refractivity contribution in [2.75, 3.05) is 20.6 Å². The second kappa shape index (κ2) is 8.09. The van der Waals surface area contributed by atoms with Gasteiger partial charge < -0.3 is 10.0 Å². The number of carbonyl (C=O) groups excluding carboxylic acids is 1. The first-order valence-electron chi connectivity index (χ1n) is 9.85. The van der Waals surface area contributed by atoms with Crippen molar-refractivity contribution in [1.82, 2.24) is 19.6 Å². The highest BCUT2D eigenvalue weighted by molar-refractivity contribution is 5.93. The van der Waals surface area contributed by atoms with Crippen molar-refractivity contribution in [1.29, 1.82) is 0 Å². The summed E-state index contributed by atoms with van der Waals surface area (Å²) in [5.41, 5.74) is 4.94. The highest BCUT2D eigenvalue weighted by Crippen LogP contribution is 2.26. The van der Waals surface area contributed by atoms with Gasteiger partial charge in [0.15, 0.2) is 5.69 Å². The van der Waals surface area contributed by atoms with E-state index < -0.39 is 0 Å². The fourth-order valence-corrected chi connectivity index (χ4v) is 3.87. The van der Waals surface area contributed by atoms with Gasteiger partial charge in [0.1, 0.15) is 5.75 Å². The number of benzene rings is 2. The molecule has 1 aliphatic rings. The van der Waals surface area contributed by atoms with Crippen LogP contribution in [-0.4, -0.2) is 51.2 Å². The molecule has 3 aromatic rings. The fraction of sp³-hybridized carbons (Fsp3) is 0.304. The van der Waals surface area contributed by atoms with E-state index in [1.54, 1.807) is 31.1 Å². The zero-order chi connectivity index (χ0) is 20.4. The SMILES string of the molecule is CN(C)C(=O)c1nn(Cc2ccccc2)c2c1CN(Cc1cccc(O)c1)CC2. The molecular weight excluding hydrogens is 364 g/mol. The lowest BCUT2D eigenvalue weighted by molar-refractivity contribution is 0.0818. The number of rotatable bonds is 5. The highest BCUT2D eigenvalue weighted by Gasteiger charge is 2.29. The molecule has 6 heteroatoms. The summed E-state index contributed by atoms with van der Waals surface area (Å²) in [7, 11) is 3.52. The third kappa shape index (κ3) is 4.17. The summed E-state index contributed by atoms with van der Waals surface area (Å²) >= 11 is 0. The molecule has 29 heavy (non-hydrogen) atoms. The summed E-state index contributed by atoms with van der Waals surface area (Å²) in [6, 6.07) is 17.6. The molecule has 2 aromatic carbocycles. The third-order valence-electron chi connectivity index (χ3n) is 5.31. The van der Waals surface area contributed by atoms with Gasteiger partial charge in [-0.2, -0.15) is 5.10 Å². The number of aromatic nitrogens is 2. The van der Waals surface area contributed by atoms with Gasteiger partial charge in [-0.3, -0.25) is 14.4 Å².